The van der Waals surface area contributed by atoms with Crippen molar-refractivity contribution in [1.82, 2.24) is 4.90 Å². The molecule has 2 aliphatic rings. The molecule has 2 nitrogen and oxygen atoms in total. The molecule has 0 aliphatic carbocycles. The van der Waals surface area contributed by atoms with Crippen LogP contribution in [-0.4, -0.2) is 11.4 Å². The summed E-state index contributed by atoms with van der Waals surface area (Å²) in [6.45, 7) is 3.16. The number of hydrogen-bond acceptors (Lipinski definition) is 2. The SMILES string of the molecule is Cc1cccc2c1oc1c3c(ccc12)CCN1C=CC(c2ccccc2)=CC31. The molecule has 2 heteroatoms. The normalized spacial score (nSPS) is 18.2. The predicted molar refractivity (Wildman–Crippen MR) is 115 cm³/mol. The largest absolute Gasteiger partial charge is 0.455 e. The summed E-state index contributed by atoms with van der Waals surface area (Å²) < 4.78 is 6.49. The molecule has 3 heterocycles. The molecule has 0 N–H and O–H groups in total. The number of fused-ring (bicyclic) bond motifs is 7. The summed E-state index contributed by atoms with van der Waals surface area (Å²) in [5.74, 6) is 0. The minimum absolute atomic E-state index is 0.216. The summed E-state index contributed by atoms with van der Waals surface area (Å²) in [6, 6.07) is 21.8. The highest BCUT2D eigenvalue weighted by molar-refractivity contribution is 6.07. The van der Waals surface area contributed by atoms with Crippen molar-refractivity contribution in [3.05, 3.63) is 101 Å². The van der Waals surface area contributed by atoms with E-state index in [0.29, 0.717) is 0 Å². The predicted octanol–water partition coefficient (Wildman–Crippen LogP) is 6.40. The fraction of sp³-hybridized carbons (Fsp3) is 0.154. The van der Waals surface area contributed by atoms with Gasteiger partial charge in [-0.05, 0) is 47.8 Å². The average molecular weight is 363 g/mol. The number of furan rings is 1. The zero-order valence-corrected chi connectivity index (χ0v) is 15.9. The molecule has 0 spiro atoms. The van der Waals surface area contributed by atoms with Gasteiger partial charge >= 0.3 is 0 Å². The van der Waals surface area contributed by atoms with Gasteiger partial charge in [-0.1, -0.05) is 60.7 Å². The Morgan fingerprint density at radius 1 is 0.893 bits per heavy atom. The molecule has 6 rings (SSSR count). The second-order valence-corrected chi connectivity index (χ2v) is 7.81. The van der Waals surface area contributed by atoms with Crippen LogP contribution >= 0.6 is 0 Å². The first-order valence-corrected chi connectivity index (χ1v) is 9.94. The van der Waals surface area contributed by atoms with Gasteiger partial charge in [0.2, 0.25) is 0 Å². The molecule has 2 aliphatic heterocycles. The van der Waals surface area contributed by atoms with Crippen molar-refractivity contribution in [3.8, 4) is 0 Å². The smallest absolute Gasteiger partial charge is 0.141 e. The lowest BCUT2D eigenvalue weighted by molar-refractivity contribution is 0.306. The van der Waals surface area contributed by atoms with Gasteiger partial charge in [-0.3, -0.25) is 0 Å². The molecule has 28 heavy (non-hydrogen) atoms. The summed E-state index contributed by atoms with van der Waals surface area (Å²) in [5.41, 5.74) is 8.54. The fourth-order valence-electron chi connectivity index (χ4n) is 4.73. The number of nitrogens with zero attached hydrogens (tertiary/aromatic N) is 1. The first kappa shape index (κ1) is 15.8. The topological polar surface area (TPSA) is 16.4 Å². The molecule has 0 radical (unpaired) electrons. The van der Waals surface area contributed by atoms with E-state index in [1.807, 2.05) is 0 Å². The monoisotopic (exact) mass is 363 g/mol. The van der Waals surface area contributed by atoms with Gasteiger partial charge in [-0.2, -0.15) is 0 Å². The van der Waals surface area contributed by atoms with Gasteiger partial charge in [0.25, 0.3) is 0 Å². The highest BCUT2D eigenvalue weighted by Gasteiger charge is 2.30. The summed E-state index contributed by atoms with van der Waals surface area (Å²) >= 11 is 0. The number of benzene rings is 3. The molecule has 4 aromatic rings. The first-order chi connectivity index (χ1) is 13.8. The third-order valence-corrected chi connectivity index (χ3v) is 6.18. The summed E-state index contributed by atoms with van der Waals surface area (Å²) in [5, 5.41) is 2.44. The number of hydrogen-bond donors (Lipinski definition) is 0. The Morgan fingerprint density at radius 2 is 1.75 bits per heavy atom. The van der Waals surface area contributed by atoms with Crippen LogP contribution in [0.1, 0.15) is 28.3 Å². The molecule has 0 fully saturated rings. The molecule has 0 amide bonds. The quantitative estimate of drug-likeness (QED) is 0.389. The van der Waals surface area contributed by atoms with Crippen LogP contribution in [-0.2, 0) is 6.42 Å². The maximum Gasteiger partial charge on any atom is 0.141 e. The van der Waals surface area contributed by atoms with E-state index in [1.165, 1.54) is 38.6 Å². The molecule has 0 saturated heterocycles. The molecule has 1 unspecified atom stereocenters. The Labute approximate surface area is 164 Å². The molecule has 1 aromatic heterocycles. The fourth-order valence-corrected chi connectivity index (χ4v) is 4.73. The molecule has 1 atom stereocenters. The second kappa shape index (κ2) is 5.87. The number of aryl methyl sites for hydroxylation is 1. The standard InChI is InChI=1S/C26H21NO/c1-17-6-5-9-21-22-11-10-19-12-14-27-15-13-20(18-7-3-2-4-8-18)16-23(27)24(19)26(22)28-25(17)21/h2-11,13,15-16,23H,12,14H2,1H3. The lowest BCUT2D eigenvalue weighted by atomic mass is 9.87. The van der Waals surface area contributed by atoms with E-state index < -0.39 is 0 Å². The first-order valence-electron chi connectivity index (χ1n) is 9.94. The maximum absolute atomic E-state index is 6.49. The Bertz CT molecular complexity index is 1280. The third kappa shape index (κ3) is 2.21. The zero-order valence-electron chi connectivity index (χ0n) is 15.9. The van der Waals surface area contributed by atoms with Gasteiger partial charge in [0.15, 0.2) is 0 Å². The van der Waals surface area contributed by atoms with Crippen molar-refractivity contribution in [3.63, 3.8) is 0 Å². The second-order valence-electron chi connectivity index (χ2n) is 7.81. The summed E-state index contributed by atoms with van der Waals surface area (Å²) in [6.07, 6.45) is 7.94. The van der Waals surface area contributed by atoms with Gasteiger partial charge < -0.3 is 9.32 Å². The van der Waals surface area contributed by atoms with Gasteiger partial charge in [-0.15, -0.1) is 0 Å². The van der Waals surface area contributed by atoms with Crippen molar-refractivity contribution in [1.29, 1.82) is 0 Å². The van der Waals surface area contributed by atoms with E-state index in [1.54, 1.807) is 0 Å². The summed E-state index contributed by atoms with van der Waals surface area (Å²) in [7, 11) is 0. The van der Waals surface area contributed by atoms with Crippen molar-refractivity contribution in [2.45, 2.75) is 19.4 Å². The number of allylic oxidation sites excluding steroid dienone is 2. The van der Waals surface area contributed by atoms with Gasteiger partial charge in [-0.25, -0.2) is 0 Å². The molecule has 3 aromatic carbocycles. The van der Waals surface area contributed by atoms with Crippen molar-refractivity contribution in [2.24, 2.45) is 0 Å². The van der Waals surface area contributed by atoms with Gasteiger partial charge in [0.05, 0.1) is 6.04 Å². The Kier molecular flexibility index (Phi) is 3.30. The van der Waals surface area contributed by atoms with E-state index in [-0.39, 0.29) is 6.04 Å². The van der Waals surface area contributed by atoms with Crippen molar-refractivity contribution < 1.29 is 4.42 Å². The van der Waals surface area contributed by atoms with E-state index >= 15 is 0 Å². The third-order valence-electron chi connectivity index (χ3n) is 6.18. The van der Waals surface area contributed by atoms with E-state index in [2.05, 4.69) is 90.8 Å². The van der Waals surface area contributed by atoms with Crippen molar-refractivity contribution in [2.75, 3.05) is 6.54 Å². The van der Waals surface area contributed by atoms with E-state index in [9.17, 15) is 0 Å². The lowest BCUT2D eigenvalue weighted by Crippen LogP contribution is -2.32. The molecule has 0 saturated carbocycles. The van der Waals surface area contributed by atoms with Gasteiger partial charge in [0, 0.05) is 29.1 Å². The van der Waals surface area contributed by atoms with E-state index in [4.69, 9.17) is 4.42 Å². The minimum atomic E-state index is 0.216. The Morgan fingerprint density at radius 3 is 2.64 bits per heavy atom. The molecule has 136 valence electrons. The molecular formula is C26H21NO. The van der Waals surface area contributed by atoms with Crippen LogP contribution in [0.2, 0.25) is 0 Å². The van der Waals surface area contributed by atoms with Crippen LogP contribution in [0, 0.1) is 6.92 Å². The Balaban J connectivity index is 1.60. The average Bonchev–Trinajstić information content (AvgIpc) is 3.14. The van der Waals surface area contributed by atoms with E-state index in [0.717, 1.165) is 24.1 Å². The highest BCUT2D eigenvalue weighted by atomic mass is 16.3. The number of para-hydroxylation sites is 1. The van der Waals surface area contributed by atoms with Crippen LogP contribution in [0.3, 0.4) is 0 Å². The zero-order chi connectivity index (χ0) is 18.7. The van der Waals surface area contributed by atoms with Crippen LogP contribution in [0.5, 0.6) is 0 Å². The Hall–Kier alpha value is -3.26. The maximum atomic E-state index is 6.49. The van der Waals surface area contributed by atoms with Gasteiger partial charge in [0.1, 0.15) is 11.2 Å². The van der Waals surface area contributed by atoms with Crippen LogP contribution in [0.4, 0.5) is 0 Å². The van der Waals surface area contributed by atoms with Crippen molar-refractivity contribution >= 4 is 27.5 Å². The molecule has 0 bridgehead atoms. The minimum Gasteiger partial charge on any atom is -0.455 e. The summed E-state index contributed by atoms with van der Waals surface area (Å²) in [4.78, 5) is 2.44. The molecular weight excluding hydrogens is 342 g/mol. The van der Waals surface area contributed by atoms with Crippen LogP contribution < -0.4 is 0 Å². The number of rotatable bonds is 1. The highest BCUT2D eigenvalue weighted by Crippen LogP contribution is 2.43. The van der Waals surface area contributed by atoms with Crippen LogP contribution in [0.15, 0.2) is 83.4 Å². The lowest BCUT2D eigenvalue weighted by Gasteiger charge is -2.37. The van der Waals surface area contributed by atoms with Crippen LogP contribution in [0.25, 0.3) is 27.5 Å².